The van der Waals surface area contributed by atoms with Crippen LogP contribution in [0.15, 0.2) is 24.5 Å². The van der Waals surface area contributed by atoms with Gasteiger partial charge in [-0.15, -0.1) is 0 Å². The van der Waals surface area contributed by atoms with Gasteiger partial charge in [0.05, 0.1) is 29.8 Å². The molecule has 0 spiro atoms. The summed E-state index contributed by atoms with van der Waals surface area (Å²) in [6, 6.07) is 1.35. The van der Waals surface area contributed by atoms with E-state index in [1.807, 2.05) is 0 Å². The number of nitrogens with zero attached hydrogens (tertiary/aromatic N) is 3. The summed E-state index contributed by atoms with van der Waals surface area (Å²) in [6.45, 7) is 0.220. The molecule has 0 radical (unpaired) electrons. The highest BCUT2D eigenvalue weighted by atomic mass is 16.4. The van der Waals surface area contributed by atoms with Gasteiger partial charge in [0.2, 0.25) is 11.8 Å². The molecule has 3 atom stereocenters. The van der Waals surface area contributed by atoms with Crippen molar-refractivity contribution in [1.82, 2.24) is 30.6 Å². The van der Waals surface area contributed by atoms with Crippen molar-refractivity contribution in [2.45, 2.75) is 50.2 Å². The number of hydrazine groups is 1. The summed E-state index contributed by atoms with van der Waals surface area (Å²) in [7, 11) is 0. The fourth-order valence-corrected chi connectivity index (χ4v) is 4.32. The van der Waals surface area contributed by atoms with Gasteiger partial charge in [0.25, 0.3) is 11.8 Å². The Kier molecular flexibility index (Phi) is 6.75. The Morgan fingerprint density at radius 2 is 2.06 bits per heavy atom. The largest absolute Gasteiger partial charge is 0.481 e. The smallest absolute Gasteiger partial charge is 0.305 e. The number of aromatic amines is 1. The zero-order valence-corrected chi connectivity index (χ0v) is 18.6. The van der Waals surface area contributed by atoms with Crippen LogP contribution in [0.5, 0.6) is 0 Å². The summed E-state index contributed by atoms with van der Waals surface area (Å²) in [5.41, 5.74) is 1.61. The van der Waals surface area contributed by atoms with Gasteiger partial charge >= 0.3 is 5.97 Å². The molecule has 0 aliphatic carbocycles. The van der Waals surface area contributed by atoms with Gasteiger partial charge in [0.15, 0.2) is 0 Å². The number of carbonyl (C=O) groups excluding carboxylic acids is 5. The second kappa shape index (κ2) is 9.91. The number of aromatic nitrogens is 2. The molecule has 2 saturated heterocycles. The van der Waals surface area contributed by atoms with Gasteiger partial charge in [0.1, 0.15) is 18.4 Å². The molecule has 4 rings (SSSR count). The third-order valence-corrected chi connectivity index (χ3v) is 6.04. The zero-order chi connectivity index (χ0) is 25.1. The Balaban J connectivity index is 1.54. The third kappa shape index (κ3) is 4.98. The van der Waals surface area contributed by atoms with Crippen LogP contribution in [0.25, 0.3) is 11.0 Å². The number of hydrogen-bond acceptors (Lipinski definition) is 7. The van der Waals surface area contributed by atoms with Crippen molar-refractivity contribution in [1.29, 1.82) is 0 Å². The van der Waals surface area contributed by atoms with Crippen LogP contribution < -0.4 is 10.6 Å². The SMILES string of the molecule is O=CC(CC(=O)O)NC(=O)C1CCCN2C(=O)CCC(NC(=O)c3ccc4nc[nH]c4c3)C(=O)N12. The highest BCUT2D eigenvalue weighted by Gasteiger charge is 2.45. The number of rotatable bonds is 7. The maximum Gasteiger partial charge on any atom is 0.305 e. The third-order valence-electron chi connectivity index (χ3n) is 6.04. The average Bonchev–Trinajstić information content (AvgIpc) is 3.28. The van der Waals surface area contributed by atoms with Crippen LogP contribution in [0.3, 0.4) is 0 Å². The quantitative estimate of drug-likeness (QED) is 0.374. The van der Waals surface area contributed by atoms with E-state index in [1.54, 1.807) is 18.2 Å². The first-order valence-electron chi connectivity index (χ1n) is 11.1. The number of hydrogen-bond donors (Lipinski definition) is 4. The van der Waals surface area contributed by atoms with Gasteiger partial charge in [-0.1, -0.05) is 0 Å². The van der Waals surface area contributed by atoms with Crippen LogP contribution in [0, 0.1) is 0 Å². The maximum absolute atomic E-state index is 13.5. The Hall–Kier alpha value is -4.29. The topological polar surface area (TPSA) is 182 Å². The first-order chi connectivity index (χ1) is 16.8. The standard InChI is InChI=1S/C22H24N6O7/c29-10-13(9-19(31)32)25-21(34)17-2-1-7-27-18(30)6-5-15(22(35)28(17)27)26-20(33)12-3-4-14-16(8-12)24-11-23-14/h3-4,8,10-11,13,15,17H,1-2,5-7,9H2,(H,23,24)(H,25,34)(H,26,33)(H,31,32). The first kappa shape index (κ1) is 23.9. The molecule has 1 aromatic carbocycles. The number of aliphatic carboxylic acids is 1. The Morgan fingerprint density at radius 3 is 2.80 bits per heavy atom. The Morgan fingerprint density at radius 1 is 1.26 bits per heavy atom. The predicted molar refractivity (Wildman–Crippen MR) is 118 cm³/mol. The second-order valence-electron chi connectivity index (χ2n) is 8.41. The number of nitrogens with one attached hydrogen (secondary N) is 3. The molecule has 184 valence electrons. The molecule has 3 unspecified atom stereocenters. The second-order valence-corrected chi connectivity index (χ2v) is 8.41. The van der Waals surface area contributed by atoms with Crippen LogP contribution in [0.2, 0.25) is 0 Å². The van der Waals surface area contributed by atoms with Gasteiger partial charge < -0.3 is 25.5 Å². The number of benzene rings is 1. The van der Waals surface area contributed by atoms with Gasteiger partial charge in [-0.2, -0.15) is 0 Å². The van der Waals surface area contributed by atoms with Crippen molar-refractivity contribution in [3.8, 4) is 0 Å². The highest BCUT2D eigenvalue weighted by Crippen LogP contribution is 2.25. The average molecular weight is 484 g/mol. The number of carboxylic acids is 1. The molecule has 0 bridgehead atoms. The number of carboxylic acid groups (broad SMARTS) is 1. The van der Waals surface area contributed by atoms with Crippen molar-refractivity contribution < 1.29 is 33.9 Å². The van der Waals surface area contributed by atoms with E-state index in [1.165, 1.54) is 11.3 Å². The molecule has 0 saturated carbocycles. The minimum atomic E-state index is -1.28. The van der Waals surface area contributed by atoms with Crippen LogP contribution in [-0.4, -0.2) is 85.6 Å². The fourth-order valence-electron chi connectivity index (χ4n) is 4.32. The Labute approximate surface area is 198 Å². The van der Waals surface area contributed by atoms with E-state index in [-0.39, 0.29) is 37.3 Å². The lowest BCUT2D eigenvalue weighted by atomic mass is 10.0. The molecular weight excluding hydrogens is 460 g/mol. The monoisotopic (exact) mass is 484 g/mol. The molecule has 2 aliphatic heterocycles. The molecule has 2 aliphatic rings. The summed E-state index contributed by atoms with van der Waals surface area (Å²) in [5, 5.41) is 16.2. The van der Waals surface area contributed by atoms with Crippen LogP contribution in [0.4, 0.5) is 0 Å². The molecule has 2 aromatic rings. The molecule has 4 N–H and O–H groups in total. The number of amides is 4. The lowest BCUT2D eigenvalue weighted by Gasteiger charge is -2.43. The van der Waals surface area contributed by atoms with Crippen molar-refractivity contribution in [3.05, 3.63) is 30.1 Å². The molecule has 13 nitrogen and oxygen atoms in total. The normalized spacial score (nSPS) is 21.1. The van der Waals surface area contributed by atoms with Crippen molar-refractivity contribution in [2.75, 3.05) is 6.54 Å². The lowest BCUT2D eigenvalue weighted by molar-refractivity contribution is -0.176. The first-order valence-corrected chi connectivity index (χ1v) is 11.1. The minimum absolute atomic E-state index is 0.0168. The molecule has 1 aromatic heterocycles. The van der Waals surface area contributed by atoms with Gasteiger partial charge in [-0.05, 0) is 37.5 Å². The predicted octanol–water partition coefficient (Wildman–Crippen LogP) is -0.652. The number of carbonyl (C=O) groups is 6. The molecule has 35 heavy (non-hydrogen) atoms. The molecule has 13 heteroatoms. The summed E-state index contributed by atoms with van der Waals surface area (Å²) in [6.07, 6.45) is 1.86. The van der Waals surface area contributed by atoms with E-state index in [4.69, 9.17) is 5.11 Å². The Bertz CT molecular complexity index is 1190. The van der Waals surface area contributed by atoms with E-state index in [0.717, 1.165) is 5.01 Å². The zero-order valence-electron chi connectivity index (χ0n) is 18.6. The van der Waals surface area contributed by atoms with E-state index >= 15 is 0 Å². The van der Waals surface area contributed by atoms with Crippen LogP contribution >= 0.6 is 0 Å². The molecule has 3 heterocycles. The number of aldehydes is 1. The highest BCUT2D eigenvalue weighted by molar-refractivity contribution is 6.01. The molecule has 2 fully saturated rings. The van der Waals surface area contributed by atoms with Gasteiger partial charge in [0, 0.05) is 18.5 Å². The van der Waals surface area contributed by atoms with Crippen molar-refractivity contribution >= 4 is 46.9 Å². The summed E-state index contributed by atoms with van der Waals surface area (Å²) in [4.78, 5) is 81.2. The van der Waals surface area contributed by atoms with Crippen LogP contribution in [0.1, 0.15) is 42.5 Å². The number of H-pyrrole nitrogens is 1. The maximum atomic E-state index is 13.5. The van der Waals surface area contributed by atoms with Crippen molar-refractivity contribution in [2.24, 2.45) is 0 Å². The van der Waals surface area contributed by atoms with E-state index in [0.29, 0.717) is 23.7 Å². The lowest BCUT2D eigenvalue weighted by Crippen LogP contribution is -2.64. The summed E-state index contributed by atoms with van der Waals surface area (Å²) in [5.74, 6) is -3.55. The van der Waals surface area contributed by atoms with E-state index in [9.17, 15) is 28.8 Å². The van der Waals surface area contributed by atoms with E-state index in [2.05, 4.69) is 20.6 Å². The molecular formula is C22H24N6O7. The number of fused-ring (bicyclic) bond motifs is 2. The van der Waals surface area contributed by atoms with Gasteiger partial charge in [-0.25, -0.2) is 9.99 Å². The van der Waals surface area contributed by atoms with Gasteiger partial charge in [-0.3, -0.25) is 29.0 Å². The van der Waals surface area contributed by atoms with E-state index < -0.39 is 48.2 Å². The van der Waals surface area contributed by atoms with Crippen LogP contribution in [-0.2, 0) is 24.0 Å². The number of imidazole rings is 1. The van der Waals surface area contributed by atoms with Crippen molar-refractivity contribution in [3.63, 3.8) is 0 Å². The minimum Gasteiger partial charge on any atom is -0.481 e. The summed E-state index contributed by atoms with van der Waals surface area (Å²) < 4.78 is 0. The summed E-state index contributed by atoms with van der Waals surface area (Å²) >= 11 is 0. The fraction of sp³-hybridized carbons (Fsp3) is 0.409. The molecule has 4 amide bonds.